The summed E-state index contributed by atoms with van der Waals surface area (Å²) in [5, 5.41) is 8.48. The maximum atomic E-state index is 10.3. The average Bonchev–Trinajstić information content (AvgIpc) is 2.29. The molecule has 0 aliphatic rings. The zero-order valence-corrected chi connectivity index (χ0v) is 12.2. The first-order valence-corrected chi connectivity index (χ1v) is 7.49. The van der Waals surface area contributed by atoms with Gasteiger partial charge < -0.3 is 5.11 Å². The van der Waals surface area contributed by atoms with Gasteiger partial charge in [0.25, 0.3) is 0 Å². The SMILES string of the molecule is CC(C)CCC/C=C/CCCCCCCC(=O)O. The van der Waals surface area contributed by atoms with Crippen molar-refractivity contribution in [1.29, 1.82) is 0 Å². The van der Waals surface area contributed by atoms with Crippen LogP contribution in [0.3, 0.4) is 0 Å². The number of hydrogen-bond donors (Lipinski definition) is 1. The van der Waals surface area contributed by atoms with Gasteiger partial charge in [0, 0.05) is 6.42 Å². The van der Waals surface area contributed by atoms with Crippen molar-refractivity contribution in [2.45, 2.75) is 78.1 Å². The Labute approximate surface area is 112 Å². The van der Waals surface area contributed by atoms with Crippen molar-refractivity contribution in [2.24, 2.45) is 5.92 Å². The van der Waals surface area contributed by atoms with Crippen molar-refractivity contribution in [3.05, 3.63) is 12.2 Å². The standard InChI is InChI=1S/C16H30O2/c1-15(2)13-11-9-7-5-3-4-6-8-10-12-14-16(17)18/h5,7,15H,3-4,6,8-14H2,1-2H3,(H,17,18)/b7-5+. The number of hydrogen-bond acceptors (Lipinski definition) is 1. The highest BCUT2D eigenvalue weighted by molar-refractivity contribution is 5.66. The Bertz CT molecular complexity index is 219. The molecule has 0 saturated carbocycles. The van der Waals surface area contributed by atoms with Crippen molar-refractivity contribution in [1.82, 2.24) is 0 Å². The Morgan fingerprint density at radius 2 is 1.50 bits per heavy atom. The average molecular weight is 254 g/mol. The highest BCUT2D eigenvalue weighted by atomic mass is 16.4. The zero-order chi connectivity index (χ0) is 13.6. The second-order valence-electron chi connectivity index (χ2n) is 5.50. The molecule has 0 amide bonds. The van der Waals surface area contributed by atoms with E-state index in [9.17, 15) is 4.79 Å². The van der Waals surface area contributed by atoms with E-state index in [2.05, 4.69) is 26.0 Å². The number of carboxylic acid groups (broad SMARTS) is 1. The van der Waals surface area contributed by atoms with Crippen molar-refractivity contribution < 1.29 is 9.90 Å². The summed E-state index contributed by atoms with van der Waals surface area (Å²) in [5.74, 6) is 0.156. The van der Waals surface area contributed by atoms with Crippen LogP contribution >= 0.6 is 0 Å². The van der Waals surface area contributed by atoms with Gasteiger partial charge in [-0.2, -0.15) is 0 Å². The maximum absolute atomic E-state index is 10.3. The van der Waals surface area contributed by atoms with Crippen LogP contribution in [0.2, 0.25) is 0 Å². The van der Waals surface area contributed by atoms with Gasteiger partial charge in [-0.25, -0.2) is 0 Å². The first-order valence-electron chi connectivity index (χ1n) is 7.49. The van der Waals surface area contributed by atoms with E-state index >= 15 is 0 Å². The lowest BCUT2D eigenvalue weighted by atomic mass is 10.1. The molecule has 0 fully saturated rings. The topological polar surface area (TPSA) is 37.3 Å². The van der Waals surface area contributed by atoms with Gasteiger partial charge in [0.2, 0.25) is 0 Å². The molecule has 0 heterocycles. The molecule has 2 heteroatoms. The molecule has 2 nitrogen and oxygen atoms in total. The second kappa shape index (κ2) is 12.7. The smallest absolute Gasteiger partial charge is 0.303 e. The molecule has 0 aromatic rings. The van der Waals surface area contributed by atoms with Gasteiger partial charge in [0.15, 0.2) is 0 Å². The van der Waals surface area contributed by atoms with Crippen molar-refractivity contribution in [3.8, 4) is 0 Å². The summed E-state index contributed by atoms with van der Waals surface area (Å²) in [6.45, 7) is 4.54. The molecule has 0 aliphatic heterocycles. The molecule has 0 aliphatic carbocycles. The molecule has 0 spiro atoms. The summed E-state index contributed by atoms with van der Waals surface area (Å²) >= 11 is 0. The van der Waals surface area contributed by atoms with Gasteiger partial charge in [-0.05, 0) is 38.0 Å². The molecule has 0 saturated heterocycles. The molecule has 18 heavy (non-hydrogen) atoms. The van der Waals surface area contributed by atoms with Crippen LogP contribution in [0.15, 0.2) is 12.2 Å². The minimum atomic E-state index is -0.667. The number of carboxylic acids is 1. The third kappa shape index (κ3) is 15.2. The van der Waals surface area contributed by atoms with Crippen LogP contribution < -0.4 is 0 Å². The Morgan fingerprint density at radius 3 is 2.11 bits per heavy atom. The minimum absolute atomic E-state index is 0.329. The fourth-order valence-electron chi connectivity index (χ4n) is 1.95. The van der Waals surface area contributed by atoms with Gasteiger partial charge in [-0.15, -0.1) is 0 Å². The summed E-state index contributed by atoms with van der Waals surface area (Å²) in [7, 11) is 0. The molecule has 0 rings (SSSR count). The fraction of sp³-hybridized carbons (Fsp3) is 0.812. The van der Waals surface area contributed by atoms with Crippen LogP contribution in [-0.2, 0) is 4.79 Å². The first-order chi connectivity index (χ1) is 8.63. The van der Waals surface area contributed by atoms with E-state index in [1.54, 1.807) is 0 Å². The Kier molecular flexibility index (Phi) is 12.1. The second-order valence-corrected chi connectivity index (χ2v) is 5.50. The fourth-order valence-corrected chi connectivity index (χ4v) is 1.95. The molecular weight excluding hydrogens is 224 g/mol. The lowest BCUT2D eigenvalue weighted by molar-refractivity contribution is -0.137. The summed E-state index contributed by atoms with van der Waals surface area (Å²) in [5.41, 5.74) is 0. The number of allylic oxidation sites excluding steroid dienone is 2. The van der Waals surface area contributed by atoms with Gasteiger partial charge >= 0.3 is 5.97 Å². The van der Waals surface area contributed by atoms with Gasteiger partial charge in [-0.1, -0.05) is 51.7 Å². The molecule has 0 aromatic heterocycles. The van der Waals surface area contributed by atoms with Crippen LogP contribution in [0.4, 0.5) is 0 Å². The van der Waals surface area contributed by atoms with Crippen LogP contribution in [0.1, 0.15) is 78.1 Å². The Morgan fingerprint density at radius 1 is 0.944 bits per heavy atom. The normalized spacial score (nSPS) is 11.5. The van der Waals surface area contributed by atoms with Crippen molar-refractivity contribution in [2.75, 3.05) is 0 Å². The number of carbonyl (C=O) groups is 1. The highest BCUT2D eigenvalue weighted by Crippen LogP contribution is 2.09. The first kappa shape index (κ1) is 17.2. The Balaban J connectivity index is 3.10. The quantitative estimate of drug-likeness (QED) is 0.384. The van der Waals surface area contributed by atoms with E-state index < -0.39 is 5.97 Å². The van der Waals surface area contributed by atoms with Crippen LogP contribution in [0.25, 0.3) is 0 Å². The molecule has 0 unspecified atom stereocenters. The molecular formula is C16H30O2. The van der Waals surface area contributed by atoms with Crippen LogP contribution in [-0.4, -0.2) is 11.1 Å². The molecule has 0 radical (unpaired) electrons. The summed E-state index contributed by atoms with van der Waals surface area (Å²) in [6.07, 6.45) is 15.5. The largest absolute Gasteiger partial charge is 0.481 e. The number of rotatable bonds is 12. The van der Waals surface area contributed by atoms with E-state index in [0.29, 0.717) is 6.42 Å². The zero-order valence-electron chi connectivity index (χ0n) is 12.2. The van der Waals surface area contributed by atoms with E-state index in [-0.39, 0.29) is 0 Å². The maximum Gasteiger partial charge on any atom is 0.303 e. The van der Waals surface area contributed by atoms with Gasteiger partial charge in [0.1, 0.15) is 0 Å². The van der Waals surface area contributed by atoms with Crippen molar-refractivity contribution in [3.63, 3.8) is 0 Å². The van der Waals surface area contributed by atoms with Gasteiger partial charge in [0.05, 0.1) is 0 Å². The predicted molar refractivity (Wildman–Crippen MR) is 77.8 cm³/mol. The van der Waals surface area contributed by atoms with E-state index in [1.165, 1.54) is 44.9 Å². The van der Waals surface area contributed by atoms with E-state index in [0.717, 1.165) is 18.8 Å². The predicted octanol–water partition coefficient (Wildman–Crippen LogP) is 5.18. The third-order valence-electron chi connectivity index (χ3n) is 3.08. The lowest BCUT2D eigenvalue weighted by Gasteiger charge is -2.01. The summed E-state index contributed by atoms with van der Waals surface area (Å²) in [6, 6.07) is 0. The van der Waals surface area contributed by atoms with Gasteiger partial charge in [-0.3, -0.25) is 4.79 Å². The lowest BCUT2D eigenvalue weighted by Crippen LogP contribution is -1.93. The van der Waals surface area contributed by atoms with E-state index in [1.807, 2.05) is 0 Å². The monoisotopic (exact) mass is 254 g/mol. The van der Waals surface area contributed by atoms with Crippen LogP contribution in [0, 0.1) is 5.92 Å². The molecule has 0 bridgehead atoms. The minimum Gasteiger partial charge on any atom is -0.481 e. The van der Waals surface area contributed by atoms with Crippen molar-refractivity contribution >= 4 is 5.97 Å². The summed E-state index contributed by atoms with van der Waals surface area (Å²) < 4.78 is 0. The number of aliphatic carboxylic acids is 1. The molecule has 0 atom stereocenters. The number of unbranched alkanes of at least 4 members (excludes halogenated alkanes) is 6. The Hall–Kier alpha value is -0.790. The molecule has 106 valence electrons. The molecule has 0 aromatic carbocycles. The molecule has 1 N–H and O–H groups in total. The van der Waals surface area contributed by atoms with Crippen LogP contribution in [0.5, 0.6) is 0 Å². The highest BCUT2D eigenvalue weighted by Gasteiger charge is 1.95. The summed E-state index contributed by atoms with van der Waals surface area (Å²) in [4.78, 5) is 10.3. The third-order valence-corrected chi connectivity index (χ3v) is 3.08. The van der Waals surface area contributed by atoms with E-state index in [4.69, 9.17) is 5.11 Å².